The summed E-state index contributed by atoms with van der Waals surface area (Å²) in [5, 5.41) is 11.8. The fraction of sp³-hybridized carbons (Fsp3) is 0.500. The van der Waals surface area contributed by atoms with Gasteiger partial charge in [-0.3, -0.25) is 0 Å². The molecule has 0 atom stereocenters. The van der Waals surface area contributed by atoms with Crippen molar-refractivity contribution in [2.24, 2.45) is 0 Å². The van der Waals surface area contributed by atoms with Crippen LogP contribution < -0.4 is 5.32 Å². The molecule has 1 rings (SSSR count). The Labute approximate surface area is 88.6 Å². The van der Waals surface area contributed by atoms with Crippen molar-refractivity contribution in [2.75, 3.05) is 11.9 Å². The zero-order valence-corrected chi connectivity index (χ0v) is 8.73. The average Bonchev–Trinajstić information content (AvgIpc) is 2.25. The Morgan fingerprint density at radius 3 is 3.00 bits per heavy atom. The van der Waals surface area contributed by atoms with Gasteiger partial charge in [0.25, 0.3) is 0 Å². The van der Waals surface area contributed by atoms with Crippen LogP contribution in [0.3, 0.4) is 0 Å². The number of carboxylic acids is 1. The second kappa shape index (κ2) is 5.95. The molecule has 1 aromatic rings. The number of anilines is 1. The summed E-state index contributed by atoms with van der Waals surface area (Å²) in [6.45, 7) is 2.86. The van der Waals surface area contributed by atoms with E-state index in [9.17, 15) is 4.79 Å². The molecule has 0 radical (unpaired) electrons. The highest BCUT2D eigenvalue weighted by atomic mass is 16.4. The highest BCUT2D eigenvalue weighted by Crippen LogP contribution is 2.09. The maximum absolute atomic E-state index is 10.8. The van der Waals surface area contributed by atoms with E-state index >= 15 is 0 Å². The van der Waals surface area contributed by atoms with Crippen LogP contribution in [0.15, 0.2) is 12.5 Å². The zero-order valence-electron chi connectivity index (χ0n) is 8.73. The van der Waals surface area contributed by atoms with Crippen molar-refractivity contribution in [1.82, 2.24) is 9.97 Å². The second-order valence-electron chi connectivity index (χ2n) is 3.22. The molecule has 0 aromatic carbocycles. The van der Waals surface area contributed by atoms with E-state index in [1.165, 1.54) is 12.5 Å². The molecule has 0 amide bonds. The van der Waals surface area contributed by atoms with E-state index in [4.69, 9.17) is 5.11 Å². The molecule has 1 heterocycles. The molecule has 1 aromatic heterocycles. The highest BCUT2D eigenvalue weighted by Gasteiger charge is 2.10. The van der Waals surface area contributed by atoms with Crippen molar-refractivity contribution in [3.8, 4) is 0 Å². The van der Waals surface area contributed by atoms with Gasteiger partial charge in [-0.25, -0.2) is 14.8 Å². The van der Waals surface area contributed by atoms with Crippen LogP contribution in [0.5, 0.6) is 0 Å². The number of nitrogens with one attached hydrogen (secondary N) is 1. The predicted molar refractivity (Wildman–Crippen MR) is 57.0 cm³/mol. The summed E-state index contributed by atoms with van der Waals surface area (Å²) in [7, 11) is 0. The van der Waals surface area contributed by atoms with Crippen molar-refractivity contribution in [1.29, 1.82) is 0 Å². The Hall–Kier alpha value is -1.65. The molecule has 5 nitrogen and oxygen atoms in total. The summed E-state index contributed by atoms with van der Waals surface area (Å²) >= 11 is 0. The molecule has 0 bridgehead atoms. The Bertz CT molecular complexity index is 328. The van der Waals surface area contributed by atoms with E-state index in [0.717, 1.165) is 25.8 Å². The van der Waals surface area contributed by atoms with Gasteiger partial charge in [0.2, 0.25) is 0 Å². The Morgan fingerprint density at radius 2 is 2.33 bits per heavy atom. The molecule has 0 aliphatic carbocycles. The molecule has 2 N–H and O–H groups in total. The van der Waals surface area contributed by atoms with Crippen LogP contribution in [0.2, 0.25) is 0 Å². The van der Waals surface area contributed by atoms with Crippen LogP contribution in [0.25, 0.3) is 0 Å². The van der Waals surface area contributed by atoms with Gasteiger partial charge in [0.1, 0.15) is 17.7 Å². The maximum Gasteiger partial charge on any atom is 0.341 e. The molecule has 0 fully saturated rings. The Morgan fingerprint density at radius 1 is 1.53 bits per heavy atom. The van der Waals surface area contributed by atoms with Gasteiger partial charge in [-0.2, -0.15) is 0 Å². The van der Waals surface area contributed by atoms with Crippen LogP contribution in [-0.2, 0) is 0 Å². The normalized spacial score (nSPS) is 9.93. The molecular weight excluding hydrogens is 194 g/mol. The Kier molecular flexibility index (Phi) is 4.53. The lowest BCUT2D eigenvalue weighted by Crippen LogP contribution is -2.09. The van der Waals surface area contributed by atoms with E-state index < -0.39 is 5.97 Å². The lowest BCUT2D eigenvalue weighted by molar-refractivity contribution is 0.0697. The lowest BCUT2D eigenvalue weighted by atomic mass is 10.2. The van der Waals surface area contributed by atoms with Gasteiger partial charge in [0.05, 0.1) is 0 Å². The molecule has 0 unspecified atom stereocenters. The third-order valence-corrected chi connectivity index (χ3v) is 2.02. The lowest BCUT2D eigenvalue weighted by Gasteiger charge is -2.06. The maximum atomic E-state index is 10.8. The largest absolute Gasteiger partial charge is 0.477 e. The number of hydrogen-bond acceptors (Lipinski definition) is 4. The summed E-state index contributed by atoms with van der Waals surface area (Å²) in [6.07, 6.45) is 5.92. The van der Waals surface area contributed by atoms with Crippen LogP contribution >= 0.6 is 0 Å². The van der Waals surface area contributed by atoms with Crippen molar-refractivity contribution in [3.63, 3.8) is 0 Å². The van der Waals surface area contributed by atoms with Crippen molar-refractivity contribution in [2.45, 2.75) is 26.2 Å². The van der Waals surface area contributed by atoms with Crippen LogP contribution in [0.1, 0.15) is 36.5 Å². The smallest absolute Gasteiger partial charge is 0.341 e. The number of aromatic nitrogens is 2. The first-order valence-corrected chi connectivity index (χ1v) is 5.03. The zero-order chi connectivity index (χ0) is 11.1. The number of aromatic carboxylic acids is 1. The molecule has 0 spiro atoms. The molecule has 15 heavy (non-hydrogen) atoms. The quantitative estimate of drug-likeness (QED) is 0.698. The van der Waals surface area contributed by atoms with E-state index in [1.807, 2.05) is 0 Å². The predicted octanol–water partition coefficient (Wildman–Crippen LogP) is 1.78. The number of carbonyl (C=O) groups is 1. The van der Waals surface area contributed by atoms with Crippen molar-refractivity contribution < 1.29 is 9.90 Å². The van der Waals surface area contributed by atoms with Crippen molar-refractivity contribution >= 4 is 11.8 Å². The molecular formula is C10H15N3O2. The number of unbranched alkanes of at least 4 members (excludes halogenated alkanes) is 2. The van der Waals surface area contributed by atoms with Crippen LogP contribution in [-0.4, -0.2) is 27.6 Å². The summed E-state index contributed by atoms with van der Waals surface area (Å²) in [5.74, 6) is -0.609. The number of hydrogen-bond donors (Lipinski definition) is 2. The number of nitrogens with zero attached hydrogens (tertiary/aromatic N) is 2. The van der Waals surface area contributed by atoms with E-state index in [0.29, 0.717) is 5.82 Å². The first-order chi connectivity index (χ1) is 7.25. The molecule has 0 aliphatic heterocycles. The van der Waals surface area contributed by atoms with E-state index in [1.54, 1.807) is 0 Å². The van der Waals surface area contributed by atoms with Gasteiger partial charge in [0.15, 0.2) is 0 Å². The van der Waals surface area contributed by atoms with Gasteiger partial charge in [0, 0.05) is 12.7 Å². The third kappa shape index (κ3) is 3.53. The molecule has 0 saturated heterocycles. The van der Waals surface area contributed by atoms with Gasteiger partial charge in [-0.05, 0) is 6.42 Å². The van der Waals surface area contributed by atoms with Crippen molar-refractivity contribution in [3.05, 3.63) is 18.1 Å². The monoisotopic (exact) mass is 209 g/mol. The summed E-state index contributed by atoms with van der Waals surface area (Å²) < 4.78 is 0. The highest BCUT2D eigenvalue weighted by molar-refractivity contribution is 5.92. The topological polar surface area (TPSA) is 75.1 Å². The molecule has 0 aliphatic rings. The number of rotatable bonds is 6. The first kappa shape index (κ1) is 11.4. The van der Waals surface area contributed by atoms with E-state index in [-0.39, 0.29) is 5.56 Å². The summed E-state index contributed by atoms with van der Waals surface area (Å²) in [4.78, 5) is 18.4. The van der Waals surface area contributed by atoms with Crippen LogP contribution in [0.4, 0.5) is 5.82 Å². The second-order valence-corrected chi connectivity index (χ2v) is 3.22. The van der Waals surface area contributed by atoms with Gasteiger partial charge in [-0.15, -0.1) is 0 Å². The standard InChI is InChI=1S/C10H15N3O2/c1-2-3-4-5-12-9-8(10(14)15)6-11-7-13-9/h6-7H,2-5H2,1H3,(H,14,15)(H,11,12,13). The van der Waals surface area contributed by atoms with Crippen LogP contribution in [0, 0.1) is 0 Å². The summed E-state index contributed by atoms with van der Waals surface area (Å²) in [5.41, 5.74) is 0.119. The Balaban J connectivity index is 2.56. The molecule has 82 valence electrons. The molecule has 0 saturated carbocycles. The number of carboxylic acid groups (broad SMARTS) is 1. The first-order valence-electron chi connectivity index (χ1n) is 5.03. The minimum Gasteiger partial charge on any atom is -0.477 e. The van der Waals surface area contributed by atoms with E-state index in [2.05, 4.69) is 22.2 Å². The minimum atomic E-state index is -1.01. The fourth-order valence-electron chi connectivity index (χ4n) is 1.21. The minimum absolute atomic E-state index is 0.119. The fourth-order valence-corrected chi connectivity index (χ4v) is 1.21. The van der Waals surface area contributed by atoms with Gasteiger partial charge < -0.3 is 10.4 Å². The van der Waals surface area contributed by atoms with Gasteiger partial charge in [-0.1, -0.05) is 19.8 Å². The molecule has 5 heteroatoms. The summed E-state index contributed by atoms with van der Waals surface area (Å²) in [6, 6.07) is 0. The average molecular weight is 209 g/mol. The third-order valence-electron chi connectivity index (χ3n) is 2.02. The SMILES string of the molecule is CCCCCNc1ncncc1C(=O)O. The van der Waals surface area contributed by atoms with Gasteiger partial charge >= 0.3 is 5.97 Å².